The molecule has 0 spiro atoms. The van der Waals surface area contributed by atoms with Gasteiger partial charge in [0.25, 0.3) is 0 Å². The van der Waals surface area contributed by atoms with Crippen molar-refractivity contribution in [3.8, 4) is 5.75 Å². The molecule has 22 heavy (non-hydrogen) atoms. The molecule has 0 fully saturated rings. The van der Waals surface area contributed by atoms with E-state index in [4.69, 9.17) is 5.73 Å². The molecular formula is C16H21F4NO. The minimum Gasteiger partial charge on any atom is -0.402 e. The van der Waals surface area contributed by atoms with Crippen molar-refractivity contribution in [2.45, 2.75) is 41.0 Å². The van der Waals surface area contributed by atoms with Gasteiger partial charge in [0.1, 0.15) is 0 Å². The van der Waals surface area contributed by atoms with Gasteiger partial charge in [-0.05, 0) is 36.1 Å². The Bertz CT molecular complexity index is 609. The van der Waals surface area contributed by atoms with Crippen molar-refractivity contribution >= 4 is 16.5 Å². The number of alkyl halides is 3. The minimum atomic E-state index is -4.94. The summed E-state index contributed by atoms with van der Waals surface area (Å²) in [5, 5.41) is 0.467. The Morgan fingerprint density at radius 2 is 1.55 bits per heavy atom. The van der Waals surface area contributed by atoms with Crippen LogP contribution in [0, 0.1) is 12.7 Å². The van der Waals surface area contributed by atoms with Crippen LogP contribution in [-0.4, -0.2) is 6.36 Å². The Balaban J connectivity index is 0.00000102. The first-order chi connectivity index (χ1) is 10.3. The van der Waals surface area contributed by atoms with E-state index in [1.807, 2.05) is 27.7 Å². The Morgan fingerprint density at radius 1 is 1.00 bits per heavy atom. The molecule has 0 aromatic heterocycles. The molecule has 0 amide bonds. The first kappa shape index (κ1) is 20.0. The molecule has 2 aromatic rings. The van der Waals surface area contributed by atoms with Crippen molar-refractivity contribution in [2.75, 3.05) is 5.73 Å². The van der Waals surface area contributed by atoms with Crippen molar-refractivity contribution in [3.05, 3.63) is 35.6 Å². The van der Waals surface area contributed by atoms with Gasteiger partial charge in [-0.3, -0.25) is 0 Å². The topological polar surface area (TPSA) is 35.2 Å². The zero-order chi connectivity index (χ0) is 17.5. The Morgan fingerprint density at radius 3 is 2.05 bits per heavy atom. The van der Waals surface area contributed by atoms with Crippen LogP contribution in [0.15, 0.2) is 24.3 Å². The van der Waals surface area contributed by atoms with E-state index in [9.17, 15) is 17.6 Å². The third kappa shape index (κ3) is 5.09. The van der Waals surface area contributed by atoms with Gasteiger partial charge in [-0.15, -0.1) is 13.2 Å². The van der Waals surface area contributed by atoms with Crippen LogP contribution in [0.1, 0.15) is 33.3 Å². The maximum absolute atomic E-state index is 13.5. The quantitative estimate of drug-likeness (QED) is 0.531. The fraction of sp³-hybridized carbons (Fsp3) is 0.375. The van der Waals surface area contributed by atoms with Gasteiger partial charge in [0, 0.05) is 11.1 Å². The molecule has 0 aliphatic rings. The molecule has 2 N–H and O–H groups in total. The summed E-state index contributed by atoms with van der Waals surface area (Å²) in [4.78, 5) is 0. The summed E-state index contributed by atoms with van der Waals surface area (Å²) in [6, 6.07) is 5.20. The van der Waals surface area contributed by atoms with Crippen molar-refractivity contribution in [1.82, 2.24) is 0 Å². The molecule has 0 heterocycles. The van der Waals surface area contributed by atoms with Gasteiger partial charge in [-0.2, -0.15) is 0 Å². The molecule has 0 aliphatic carbocycles. The fourth-order valence-electron chi connectivity index (χ4n) is 1.86. The largest absolute Gasteiger partial charge is 0.573 e. The molecule has 0 radical (unpaired) electrons. The molecule has 0 unspecified atom stereocenters. The number of nitrogens with two attached hydrogens (primary N) is 1. The zero-order valence-corrected chi connectivity index (χ0v) is 13.3. The highest BCUT2D eigenvalue weighted by molar-refractivity contribution is 5.93. The normalized spacial score (nSPS) is 10.2. The summed E-state index contributed by atoms with van der Waals surface area (Å²) in [5.74, 6) is -1.88. The van der Waals surface area contributed by atoms with Gasteiger partial charge in [0.2, 0.25) is 0 Å². The number of fused-ring (bicyclic) bond motifs is 1. The third-order valence-corrected chi connectivity index (χ3v) is 2.46. The summed E-state index contributed by atoms with van der Waals surface area (Å²) in [7, 11) is 0. The average Bonchev–Trinajstić information content (AvgIpc) is 2.45. The van der Waals surface area contributed by atoms with E-state index >= 15 is 0 Å². The van der Waals surface area contributed by atoms with Crippen LogP contribution in [-0.2, 0) is 0 Å². The highest BCUT2D eigenvalue weighted by Crippen LogP contribution is 2.36. The van der Waals surface area contributed by atoms with E-state index in [0.717, 1.165) is 6.07 Å². The number of halogens is 4. The first-order valence-corrected chi connectivity index (χ1v) is 7.02. The summed E-state index contributed by atoms with van der Waals surface area (Å²) in [6.45, 7) is 9.54. The number of anilines is 1. The van der Waals surface area contributed by atoms with Gasteiger partial charge in [-0.25, -0.2) is 4.39 Å². The van der Waals surface area contributed by atoms with E-state index in [2.05, 4.69) is 4.74 Å². The second-order valence-corrected chi connectivity index (χ2v) is 3.86. The van der Waals surface area contributed by atoms with Gasteiger partial charge >= 0.3 is 6.36 Å². The number of benzene rings is 2. The molecular weight excluding hydrogens is 298 g/mol. The standard InChI is InChI=1S/C12H9F4NO.2C2H6/c1-6-4-8(17)5-7-2-3-9(13)11(10(6)7)18-12(14,15)16;2*1-2/h2-5H,17H2,1H3;2*1-2H3. The van der Waals surface area contributed by atoms with Crippen molar-refractivity contribution in [3.63, 3.8) is 0 Å². The number of rotatable bonds is 1. The zero-order valence-electron chi connectivity index (χ0n) is 13.3. The van der Waals surface area contributed by atoms with E-state index in [-0.39, 0.29) is 5.39 Å². The molecule has 0 saturated heterocycles. The van der Waals surface area contributed by atoms with E-state index in [1.165, 1.54) is 18.2 Å². The number of aryl methyl sites for hydroxylation is 1. The number of hydrogen-bond acceptors (Lipinski definition) is 2. The molecule has 0 atom stereocenters. The predicted molar refractivity (Wildman–Crippen MR) is 82.4 cm³/mol. The summed E-state index contributed by atoms with van der Waals surface area (Å²) >= 11 is 0. The van der Waals surface area contributed by atoms with Crippen molar-refractivity contribution in [1.29, 1.82) is 0 Å². The maximum atomic E-state index is 13.5. The van der Waals surface area contributed by atoms with Crippen molar-refractivity contribution < 1.29 is 22.3 Å². The molecule has 2 rings (SSSR count). The maximum Gasteiger partial charge on any atom is 0.573 e. The van der Waals surface area contributed by atoms with Crippen LogP contribution in [0.25, 0.3) is 10.8 Å². The summed E-state index contributed by atoms with van der Waals surface area (Å²) in [6.07, 6.45) is -4.94. The van der Waals surface area contributed by atoms with Crippen LogP contribution < -0.4 is 10.5 Å². The van der Waals surface area contributed by atoms with Gasteiger partial charge < -0.3 is 10.5 Å². The molecule has 2 nitrogen and oxygen atoms in total. The van der Waals surface area contributed by atoms with E-state index in [1.54, 1.807) is 6.92 Å². The lowest BCUT2D eigenvalue weighted by molar-refractivity contribution is -0.275. The number of hydrogen-bond donors (Lipinski definition) is 1. The van der Waals surface area contributed by atoms with Gasteiger partial charge in [0.15, 0.2) is 11.6 Å². The molecule has 2 aromatic carbocycles. The second-order valence-electron chi connectivity index (χ2n) is 3.86. The van der Waals surface area contributed by atoms with Crippen LogP contribution in [0.3, 0.4) is 0 Å². The van der Waals surface area contributed by atoms with Crippen LogP contribution in [0.5, 0.6) is 5.75 Å². The Kier molecular flexibility index (Phi) is 7.70. The summed E-state index contributed by atoms with van der Waals surface area (Å²) < 4.78 is 54.0. The molecule has 124 valence electrons. The lowest BCUT2D eigenvalue weighted by Crippen LogP contribution is -2.18. The molecule has 0 saturated carbocycles. The highest BCUT2D eigenvalue weighted by Gasteiger charge is 2.33. The SMILES string of the molecule is CC.CC.Cc1cc(N)cc2ccc(F)c(OC(F)(F)F)c12. The summed E-state index contributed by atoms with van der Waals surface area (Å²) in [5.41, 5.74) is 6.40. The monoisotopic (exact) mass is 319 g/mol. The average molecular weight is 319 g/mol. The second kappa shape index (κ2) is 8.46. The highest BCUT2D eigenvalue weighted by atomic mass is 19.4. The van der Waals surface area contributed by atoms with E-state index < -0.39 is 17.9 Å². The molecule has 0 aliphatic heterocycles. The Hall–Kier alpha value is -1.98. The van der Waals surface area contributed by atoms with Crippen LogP contribution >= 0.6 is 0 Å². The molecule has 0 bridgehead atoms. The van der Waals surface area contributed by atoms with Crippen molar-refractivity contribution in [2.24, 2.45) is 0 Å². The molecule has 6 heteroatoms. The van der Waals surface area contributed by atoms with Crippen LogP contribution in [0.4, 0.5) is 23.2 Å². The number of ether oxygens (including phenoxy) is 1. The van der Waals surface area contributed by atoms with Gasteiger partial charge in [0.05, 0.1) is 0 Å². The van der Waals surface area contributed by atoms with Crippen LogP contribution in [0.2, 0.25) is 0 Å². The lowest BCUT2D eigenvalue weighted by Gasteiger charge is -2.14. The Labute approximate surface area is 127 Å². The fourth-order valence-corrected chi connectivity index (χ4v) is 1.86. The van der Waals surface area contributed by atoms with Gasteiger partial charge in [-0.1, -0.05) is 33.8 Å². The predicted octanol–water partition coefficient (Wildman–Crippen LogP) is 5.82. The number of nitrogen functional groups attached to an aromatic ring is 1. The third-order valence-electron chi connectivity index (χ3n) is 2.46. The minimum absolute atomic E-state index is 0.0709. The lowest BCUT2D eigenvalue weighted by atomic mass is 10.0. The smallest absolute Gasteiger partial charge is 0.402 e. The van der Waals surface area contributed by atoms with E-state index in [0.29, 0.717) is 16.6 Å². The first-order valence-electron chi connectivity index (χ1n) is 7.02.